The van der Waals surface area contributed by atoms with Crippen LogP contribution in [0, 0.1) is 11.6 Å². The number of hydrogen-bond acceptors (Lipinski definition) is 7. The molecule has 0 aliphatic rings. The number of nitrogens with zero attached hydrogens (tertiary/aromatic N) is 2. The van der Waals surface area contributed by atoms with Crippen molar-refractivity contribution in [2.24, 2.45) is 0 Å². The van der Waals surface area contributed by atoms with Crippen molar-refractivity contribution in [3.63, 3.8) is 0 Å². The van der Waals surface area contributed by atoms with Gasteiger partial charge in [0.2, 0.25) is 11.9 Å². The summed E-state index contributed by atoms with van der Waals surface area (Å²) in [7, 11) is 0. The number of nitrogens with one attached hydrogen (secondary N) is 3. The molecule has 1 aromatic heterocycles. The van der Waals surface area contributed by atoms with Gasteiger partial charge in [0.1, 0.15) is 0 Å². The minimum Gasteiger partial charge on any atom is -0.456 e. The summed E-state index contributed by atoms with van der Waals surface area (Å²) in [5.74, 6) is -3.75. The lowest BCUT2D eigenvalue weighted by Crippen LogP contribution is -2.35. The number of halogens is 2. The molecule has 2 aromatic rings. The largest absolute Gasteiger partial charge is 0.456 e. The highest BCUT2D eigenvalue weighted by molar-refractivity contribution is 5.94. The Kier molecular flexibility index (Phi) is 7.76. The fraction of sp³-hybridized carbons (Fsp3) is 0.235. The number of benzene rings is 1. The molecule has 0 unspecified atom stereocenters. The smallest absolute Gasteiger partial charge is 0.308 e. The lowest BCUT2D eigenvalue weighted by molar-refractivity contribution is -0.148. The number of rotatable bonds is 9. The Morgan fingerprint density at radius 1 is 1.04 bits per heavy atom. The maximum absolute atomic E-state index is 13.0. The summed E-state index contributed by atoms with van der Waals surface area (Å²) >= 11 is 0. The number of carbonyl (C=O) groups is 3. The second-order valence-electron chi connectivity index (χ2n) is 5.36. The van der Waals surface area contributed by atoms with Crippen molar-refractivity contribution in [2.75, 3.05) is 30.3 Å². The first-order chi connectivity index (χ1) is 13.4. The molecule has 28 heavy (non-hydrogen) atoms. The highest BCUT2D eigenvalue weighted by Crippen LogP contribution is 2.12. The third kappa shape index (κ3) is 7.32. The van der Waals surface area contributed by atoms with E-state index in [-0.39, 0.29) is 18.7 Å². The fourth-order valence-electron chi connectivity index (χ4n) is 1.89. The molecule has 1 heterocycles. The van der Waals surface area contributed by atoms with Gasteiger partial charge >= 0.3 is 5.97 Å². The van der Waals surface area contributed by atoms with Crippen LogP contribution in [0.15, 0.2) is 36.7 Å². The average Bonchev–Trinajstić information content (AvgIpc) is 2.68. The highest BCUT2D eigenvalue weighted by Gasteiger charge is 2.10. The van der Waals surface area contributed by atoms with Gasteiger partial charge in [0.05, 0.1) is 13.0 Å². The van der Waals surface area contributed by atoms with E-state index in [4.69, 9.17) is 4.74 Å². The van der Waals surface area contributed by atoms with Gasteiger partial charge in [-0.05, 0) is 18.2 Å². The summed E-state index contributed by atoms with van der Waals surface area (Å²) in [5, 5.41) is 7.33. The number of anilines is 2. The van der Waals surface area contributed by atoms with Crippen LogP contribution in [-0.4, -0.2) is 47.4 Å². The van der Waals surface area contributed by atoms with E-state index in [0.29, 0.717) is 5.95 Å². The van der Waals surface area contributed by atoms with Crippen LogP contribution >= 0.6 is 0 Å². The second-order valence-corrected chi connectivity index (χ2v) is 5.36. The molecule has 11 heteroatoms. The lowest BCUT2D eigenvalue weighted by atomic mass is 10.3. The molecule has 0 radical (unpaired) electrons. The van der Waals surface area contributed by atoms with E-state index in [2.05, 4.69) is 25.9 Å². The zero-order valence-electron chi connectivity index (χ0n) is 14.6. The van der Waals surface area contributed by atoms with Crippen molar-refractivity contribution < 1.29 is 27.9 Å². The monoisotopic (exact) mass is 393 g/mol. The number of aromatic nitrogens is 2. The third-order valence-corrected chi connectivity index (χ3v) is 3.19. The van der Waals surface area contributed by atoms with Crippen LogP contribution < -0.4 is 16.0 Å². The van der Waals surface area contributed by atoms with Crippen LogP contribution in [0.5, 0.6) is 0 Å². The van der Waals surface area contributed by atoms with E-state index in [1.165, 1.54) is 6.07 Å². The minimum absolute atomic E-state index is 0.0118. The topological polar surface area (TPSA) is 122 Å². The molecule has 0 spiro atoms. The molecule has 2 amide bonds. The summed E-state index contributed by atoms with van der Waals surface area (Å²) in [6, 6.07) is 4.50. The highest BCUT2D eigenvalue weighted by atomic mass is 19.2. The molecule has 0 atom stereocenters. The predicted molar refractivity (Wildman–Crippen MR) is 94.1 cm³/mol. The Hall–Kier alpha value is -3.63. The maximum atomic E-state index is 13.0. The SMILES string of the molecule is O=C(COC(=O)CCNc1ncccn1)NCC(=O)Nc1ccc(F)c(F)c1. The molecule has 0 saturated carbocycles. The van der Waals surface area contributed by atoms with Gasteiger partial charge in [0, 0.05) is 30.7 Å². The van der Waals surface area contributed by atoms with Crippen molar-refractivity contribution in [2.45, 2.75) is 6.42 Å². The van der Waals surface area contributed by atoms with Crippen LogP contribution in [0.25, 0.3) is 0 Å². The van der Waals surface area contributed by atoms with E-state index >= 15 is 0 Å². The molecular weight excluding hydrogens is 376 g/mol. The fourth-order valence-corrected chi connectivity index (χ4v) is 1.89. The zero-order valence-corrected chi connectivity index (χ0v) is 14.6. The Morgan fingerprint density at radius 3 is 2.50 bits per heavy atom. The van der Waals surface area contributed by atoms with Crippen molar-refractivity contribution in [1.29, 1.82) is 0 Å². The third-order valence-electron chi connectivity index (χ3n) is 3.19. The van der Waals surface area contributed by atoms with Gasteiger partial charge < -0.3 is 20.7 Å². The summed E-state index contributed by atoms with van der Waals surface area (Å²) in [5.41, 5.74) is 0.0412. The molecule has 2 rings (SSSR count). The van der Waals surface area contributed by atoms with Gasteiger partial charge in [0.15, 0.2) is 18.2 Å². The summed E-state index contributed by atoms with van der Waals surface area (Å²) in [6.07, 6.45) is 3.07. The Balaban J connectivity index is 1.60. The molecule has 3 N–H and O–H groups in total. The van der Waals surface area contributed by atoms with Gasteiger partial charge in [-0.3, -0.25) is 14.4 Å². The van der Waals surface area contributed by atoms with Gasteiger partial charge in [-0.2, -0.15) is 0 Å². The van der Waals surface area contributed by atoms with Gasteiger partial charge in [0.25, 0.3) is 5.91 Å². The molecule has 0 aliphatic heterocycles. The van der Waals surface area contributed by atoms with Crippen LogP contribution in [0.3, 0.4) is 0 Å². The number of carbonyl (C=O) groups excluding carboxylic acids is 3. The molecular formula is C17H17F2N5O4. The van der Waals surface area contributed by atoms with Crippen molar-refractivity contribution in [3.05, 3.63) is 48.3 Å². The van der Waals surface area contributed by atoms with Gasteiger partial charge in [-0.1, -0.05) is 0 Å². The summed E-state index contributed by atoms with van der Waals surface area (Å²) in [6.45, 7) is -0.761. The summed E-state index contributed by atoms with van der Waals surface area (Å²) in [4.78, 5) is 42.6. The molecule has 0 bridgehead atoms. The van der Waals surface area contributed by atoms with E-state index in [0.717, 1.165) is 12.1 Å². The van der Waals surface area contributed by atoms with Crippen molar-refractivity contribution >= 4 is 29.4 Å². The number of esters is 1. The molecule has 9 nitrogen and oxygen atoms in total. The number of ether oxygens (including phenoxy) is 1. The number of amides is 2. The van der Waals surface area contributed by atoms with E-state index < -0.39 is 42.6 Å². The zero-order chi connectivity index (χ0) is 20.4. The minimum atomic E-state index is -1.11. The molecule has 148 valence electrons. The van der Waals surface area contributed by atoms with Crippen LogP contribution in [0.2, 0.25) is 0 Å². The average molecular weight is 393 g/mol. The Labute approximate surface area is 158 Å². The van der Waals surface area contributed by atoms with Crippen molar-refractivity contribution in [3.8, 4) is 0 Å². The second kappa shape index (κ2) is 10.5. The van der Waals surface area contributed by atoms with Gasteiger partial charge in [-0.25, -0.2) is 18.7 Å². The first-order valence-corrected chi connectivity index (χ1v) is 8.12. The normalized spacial score (nSPS) is 10.1. The van der Waals surface area contributed by atoms with Crippen molar-refractivity contribution in [1.82, 2.24) is 15.3 Å². The molecule has 0 aliphatic carbocycles. The van der Waals surface area contributed by atoms with E-state index in [1.54, 1.807) is 18.5 Å². The lowest BCUT2D eigenvalue weighted by Gasteiger charge is -2.08. The first-order valence-electron chi connectivity index (χ1n) is 8.12. The van der Waals surface area contributed by atoms with E-state index in [9.17, 15) is 23.2 Å². The van der Waals surface area contributed by atoms with Crippen LogP contribution in [0.4, 0.5) is 20.4 Å². The number of hydrogen-bond donors (Lipinski definition) is 3. The van der Waals surface area contributed by atoms with Gasteiger partial charge in [-0.15, -0.1) is 0 Å². The molecule has 0 saturated heterocycles. The van der Waals surface area contributed by atoms with Crippen LogP contribution in [0.1, 0.15) is 6.42 Å². The van der Waals surface area contributed by atoms with E-state index in [1.807, 2.05) is 0 Å². The summed E-state index contributed by atoms with van der Waals surface area (Å²) < 4.78 is 30.6. The first kappa shape index (κ1) is 20.7. The maximum Gasteiger partial charge on any atom is 0.308 e. The standard InChI is InChI=1S/C17H17F2N5O4/c18-12-3-2-11(8-13(12)19)24-14(25)9-23-15(26)10-28-16(27)4-7-22-17-20-5-1-6-21-17/h1-3,5-6,8H,4,7,9-10H2,(H,23,26)(H,24,25)(H,20,21,22). The Morgan fingerprint density at radius 2 is 1.79 bits per heavy atom. The quantitative estimate of drug-likeness (QED) is 0.540. The van der Waals surface area contributed by atoms with Crippen LogP contribution in [-0.2, 0) is 19.1 Å². The predicted octanol–water partition coefficient (Wildman–Crippen LogP) is 0.855. The Bertz CT molecular complexity index is 836. The molecule has 0 fully saturated rings. The molecule has 1 aromatic carbocycles.